The van der Waals surface area contributed by atoms with Gasteiger partial charge in [-0.1, -0.05) is 26.0 Å². The third kappa shape index (κ3) is 6.80. The second kappa shape index (κ2) is 10.7. The molecule has 1 heterocycles. The Kier molecular flexibility index (Phi) is 8.60. The van der Waals surface area contributed by atoms with Gasteiger partial charge in [-0.25, -0.2) is 4.98 Å². The van der Waals surface area contributed by atoms with Crippen molar-refractivity contribution in [1.82, 2.24) is 9.88 Å². The van der Waals surface area contributed by atoms with E-state index in [4.69, 9.17) is 5.73 Å². The van der Waals surface area contributed by atoms with E-state index in [-0.39, 0.29) is 12.3 Å². The van der Waals surface area contributed by atoms with Gasteiger partial charge in [0.05, 0.1) is 5.56 Å². The Morgan fingerprint density at radius 1 is 1.21 bits per heavy atom. The molecule has 1 aromatic heterocycles. The van der Waals surface area contributed by atoms with Crippen molar-refractivity contribution < 1.29 is 18.0 Å². The number of carbonyl (C=O) groups excluding carboxylic acids is 1. The number of alkyl halides is 3. The van der Waals surface area contributed by atoms with Crippen LogP contribution in [0.2, 0.25) is 0 Å². The number of hydrogen-bond donors (Lipinski definition) is 1. The maximum absolute atomic E-state index is 13.0. The van der Waals surface area contributed by atoms with Crippen LogP contribution in [0, 0.1) is 0 Å². The van der Waals surface area contributed by atoms with E-state index in [1.165, 1.54) is 17.4 Å². The molecule has 0 saturated heterocycles. The number of anilines is 1. The van der Waals surface area contributed by atoms with Crippen LogP contribution in [0.25, 0.3) is 0 Å². The van der Waals surface area contributed by atoms with Gasteiger partial charge >= 0.3 is 6.18 Å². The van der Waals surface area contributed by atoms with Crippen molar-refractivity contribution >= 4 is 22.3 Å². The first-order chi connectivity index (χ1) is 13.8. The molecule has 2 aromatic rings. The molecule has 0 aliphatic rings. The molecule has 0 bridgehead atoms. The SMILES string of the molecule is CCN(CC)CCC(=O)c1csc(N(CCN)Cc2cccc(C(F)(F)F)c2)n1. The first-order valence-corrected chi connectivity index (χ1v) is 10.5. The average molecular weight is 429 g/mol. The second-order valence-electron chi connectivity index (χ2n) is 6.62. The summed E-state index contributed by atoms with van der Waals surface area (Å²) < 4.78 is 38.9. The van der Waals surface area contributed by atoms with E-state index in [1.54, 1.807) is 16.3 Å². The summed E-state index contributed by atoms with van der Waals surface area (Å²) in [6, 6.07) is 5.21. The molecule has 0 fully saturated rings. The van der Waals surface area contributed by atoms with Gasteiger partial charge in [0, 0.05) is 38.0 Å². The number of thiazole rings is 1. The normalized spacial score (nSPS) is 11.8. The van der Waals surface area contributed by atoms with E-state index in [0.717, 1.165) is 25.2 Å². The lowest BCUT2D eigenvalue weighted by Gasteiger charge is -2.21. The van der Waals surface area contributed by atoms with Crippen LogP contribution in [0.4, 0.5) is 18.3 Å². The van der Waals surface area contributed by atoms with Crippen molar-refractivity contribution in [3.63, 3.8) is 0 Å². The lowest BCUT2D eigenvalue weighted by molar-refractivity contribution is -0.137. The quantitative estimate of drug-likeness (QED) is 0.548. The van der Waals surface area contributed by atoms with Crippen molar-refractivity contribution in [3.8, 4) is 0 Å². The number of ketones is 1. The molecule has 0 amide bonds. The van der Waals surface area contributed by atoms with Gasteiger partial charge in [-0.05, 0) is 30.8 Å². The van der Waals surface area contributed by atoms with Gasteiger partial charge in [-0.2, -0.15) is 13.2 Å². The van der Waals surface area contributed by atoms with Crippen molar-refractivity contribution in [2.45, 2.75) is 33.0 Å². The molecule has 0 unspecified atom stereocenters. The van der Waals surface area contributed by atoms with Crippen molar-refractivity contribution in [3.05, 3.63) is 46.5 Å². The molecule has 0 spiro atoms. The molecule has 29 heavy (non-hydrogen) atoms. The molecule has 9 heteroatoms. The number of nitrogens with two attached hydrogens (primary N) is 1. The minimum absolute atomic E-state index is 0.0360. The second-order valence-corrected chi connectivity index (χ2v) is 7.46. The maximum atomic E-state index is 13.0. The lowest BCUT2D eigenvalue weighted by Crippen LogP contribution is -2.29. The van der Waals surface area contributed by atoms with Crippen LogP contribution in [-0.2, 0) is 12.7 Å². The van der Waals surface area contributed by atoms with Crippen molar-refractivity contribution in [1.29, 1.82) is 0 Å². The molecule has 5 nitrogen and oxygen atoms in total. The van der Waals surface area contributed by atoms with E-state index in [2.05, 4.69) is 9.88 Å². The first kappa shape index (κ1) is 23.3. The number of hydrogen-bond acceptors (Lipinski definition) is 6. The highest BCUT2D eigenvalue weighted by molar-refractivity contribution is 7.13. The van der Waals surface area contributed by atoms with Gasteiger partial charge in [-0.3, -0.25) is 4.79 Å². The number of Topliss-reactive ketones (excluding diaryl/α,β-unsaturated/α-hetero) is 1. The smallest absolute Gasteiger partial charge is 0.342 e. The Morgan fingerprint density at radius 3 is 2.55 bits per heavy atom. The lowest BCUT2D eigenvalue weighted by atomic mass is 10.1. The van der Waals surface area contributed by atoms with Gasteiger partial charge < -0.3 is 15.5 Å². The van der Waals surface area contributed by atoms with E-state index in [0.29, 0.717) is 42.4 Å². The van der Waals surface area contributed by atoms with Crippen LogP contribution < -0.4 is 10.6 Å². The largest absolute Gasteiger partial charge is 0.416 e. The Morgan fingerprint density at radius 2 is 1.93 bits per heavy atom. The molecule has 160 valence electrons. The molecule has 2 rings (SSSR count). The van der Waals surface area contributed by atoms with E-state index < -0.39 is 11.7 Å². The number of carbonyl (C=O) groups is 1. The van der Waals surface area contributed by atoms with Gasteiger partial charge in [0.1, 0.15) is 5.69 Å². The van der Waals surface area contributed by atoms with Crippen LogP contribution >= 0.6 is 11.3 Å². The fourth-order valence-corrected chi connectivity index (χ4v) is 3.79. The van der Waals surface area contributed by atoms with Crippen molar-refractivity contribution in [2.24, 2.45) is 5.73 Å². The third-order valence-electron chi connectivity index (χ3n) is 4.62. The molecule has 1 aromatic carbocycles. The molecule has 0 atom stereocenters. The van der Waals surface area contributed by atoms with E-state index in [1.807, 2.05) is 13.8 Å². The molecular formula is C20H27F3N4OS. The number of halogens is 3. The summed E-state index contributed by atoms with van der Waals surface area (Å²) in [6.07, 6.45) is -4.00. The first-order valence-electron chi connectivity index (χ1n) is 9.60. The van der Waals surface area contributed by atoms with Crippen LogP contribution in [0.15, 0.2) is 29.6 Å². The number of nitrogens with zero attached hydrogens (tertiary/aromatic N) is 3. The molecule has 2 N–H and O–H groups in total. The minimum Gasteiger partial charge on any atom is -0.342 e. The van der Waals surface area contributed by atoms with E-state index in [9.17, 15) is 18.0 Å². The van der Waals surface area contributed by atoms with Gasteiger partial charge in [-0.15, -0.1) is 11.3 Å². The number of benzene rings is 1. The average Bonchev–Trinajstić information content (AvgIpc) is 3.18. The molecule has 0 aliphatic carbocycles. The number of aromatic nitrogens is 1. The van der Waals surface area contributed by atoms with Crippen molar-refractivity contribution in [2.75, 3.05) is 37.6 Å². The zero-order valence-electron chi connectivity index (χ0n) is 16.7. The van der Waals surface area contributed by atoms with Crippen LogP contribution in [0.5, 0.6) is 0 Å². The third-order valence-corrected chi connectivity index (χ3v) is 5.53. The highest BCUT2D eigenvalue weighted by atomic mass is 32.1. The summed E-state index contributed by atoms with van der Waals surface area (Å²) in [7, 11) is 0. The summed E-state index contributed by atoms with van der Waals surface area (Å²) >= 11 is 1.30. The Balaban J connectivity index is 2.11. The van der Waals surface area contributed by atoms with Gasteiger partial charge in [0.15, 0.2) is 10.9 Å². The Hall–Kier alpha value is -1.97. The molecule has 0 radical (unpaired) electrons. The summed E-state index contributed by atoms with van der Waals surface area (Å²) in [5.41, 5.74) is 5.90. The highest BCUT2D eigenvalue weighted by Crippen LogP contribution is 2.30. The number of rotatable bonds is 11. The Bertz CT molecular complexity index is 790. The van der Waals surface area contributed by atoms with Crippen LogP contribution in [-0.4, -0.2) is 48.4 Å². The molecule has 0 aliphatic heterocycles. The zero-order valence-corrected chi connectivity index (χ0v) is 17.5. The predicted octanol–water partition coefficient (Wildman–Crippen LogP) is 4.04. The van der Waals surface area contributed by atoms with Gasteiger partial charge in [0.2, 0.25) is 0 Å². The fraction of sp³-hybridized carbons (Fsp3) is 0.500. The molecular weight excluding hydrogens is 401 g/mol. The summed E-state index contributed by atoms with van der Waals surface area (Å²) in [5, 5.41) is 2.29. The maximum Gasteiger partial charge on any atom is 0.416 e. The Labute approximate surface area is 173 Å². The highest BCUT2D eigenvalue weighted by Gasteiger charge is 2.30. The standard InChI is InChI=1S/C20H27F3N4OS/c1-3-26(4-2)10-8-18(28)17-14-29-19(25-17)27(11-9-24)13-15-6-5-7-16(12-15)20(21,22)23/h5-7,12,14H,3-4,8-11,13,24H2,1-2H3. The van der Waals surface area contributed by atoms with Crippen LogP contribution in [0.3, 0.4) is 0 Å². The summed E-state index contributed by atoms with van der Waals surface area (Å²) in [6.45, 7) is 7.53. The summed E-state index contributed by atoms with van der Waals surface area (Å²) in [4.78, 5) is 20.8. The minimum atomic E-state index is -4.39. The topological polar surface area (TPSA) is 62.5 Å². The summed E-state index contributed by atoms with van der Waals surface area (Å²) in [5.74, 6) is -0.0360. The monoisotopic (exact) mass is 428 g/mol. The van der Waals surface area contributed by atoms with Gasteiger partial charge in [0.25, 0.3) is 0 Å². The van der Waals surface area contributed by atoms with E-state index >= 15 is 0 Å². The zero-order chi connectivity index (χ0) is 21.4. The predicted molar refractivity (Wildman–Crippen MR) is 110 cm³/mol. The van der Waals surface area contributed by atoms with Crippen LogP contribution in [0.1, 0.15) is 41.9 Å². The molecule has 0 saturated carbocycles. The fourth-order valence-electron chi connectivity index (χ4n) is 2.93.